The molecule has 0 saturated heterocycles. The van der Waals surface area contributed by atoms with E-state index in [2.05, 4.69) is 104 Å². The molecule has 5 aromatic rings. The van der Waals surface area contributed by atoms with E-state index >= 15 is 0 Å². The van der Waals surface area contributed by atoms with Gasteiger partial charge in [0.2, 0.25) is 0 Å². The molecule has 1 aliphatic carbocycles. The van der Waals surface area contributed by atoms with Crippen LogP contribution in [-0.4, -0.2) is 4.57 Å². The highest BCUT2D eigenvalue weighted by Crippen LogP contribution is 2.41. The first-order valence-corrected chi connectivity index (χ1v) is 12.2. The summed E-state index contributed by atoms with van der Waals surface area (Å²) in [6.07, 6.45) is 9.86. The van der Waals surface area contributed by atoms with Gasteiger partial charge in [-0.05, 0) is 47.7 Å². The van der Waals surface area contributed by atoms with E-state index in [0.717, 1.165) is 6.42 Å². The minimum absolute atomic E-state index is 0.522. The van der Waals surface area contributed by atoms with Crippen LogP contribution in [-0.2, 0) is 0 Å². The third-order valence-corrected chi connectivity index (χ3v) is 7.85. The molecule has 0 fully saturated rings. The predicted molar refractivity (Wildman–Crippen MR) is 146 cm³/mol. The lowest BCUT2D eigenvalue weighted by atomic mass is 9.93. The molecule has 6 rings (SSSR count). The van der Waals surface area contributed by atoms with E-state index < -0.39 is 0 Å². The standard InChI is InChI=1S/C31H25NS/c1-4-22-28(5-2)33-29-16-10-14-24(31(22)29)23-13-9-15-27-30(23)25-19-20(3)17-18-26(25)32(27)21-11-7-6-8-12-21/h4-16,18-20H,1-2,17H2,3H3. The Balaban J connectivity index is 1.79. The number of hydrogen-bond acceptors (Lipinski definition) is 1. The van der Waals surface area contributed by atoms with Gasteiger partial charge in [0.25, 0.3) is 0 Å². The van der Waals surface area contributed by atoms with Crippen molar-refractivity contribution in [3.05, 3.63) is 101 Å². The van der Waals surface area contributed by atoms with Gasteiger partial charge in [-0.3, -0.25) is 0 Å². The summed E-state index contributed by atoms with van der Waals surface area (Å²) in [5, 5.41) is 5.25. The van der Waals surface area contributed by atoms with Gasteiger partial charge in [0, 0.05) is 42.2 Å². The molecule has 1 unspecified atom stereocenters. The molecule has 1 aliphatic rings. The van der Waals surface area contributed by atoms with Crippen LogP contribution >= 0.6 is 11.3 Å². The van der Waals surface area contributed by atoms with Crippen molar-refractivity contribution in [1.29, 1.82) is 0 Å². The summed E-state index contributed by atoms with van der Waals surface area (Å²) in [4.78, 5) is 1.18. The normalized spacial score (nSPS) is 15.1. The van der Waals surface area contributed by atoms with Crippen molar-refractivity contribution in [2.75, 3.05) is 0 Å². The van der Waals surface area contributed by atoms with Crippen molar-refractivity contribution < 1.29 is 0 Å². The number of fused-ring (bicyclic) bond motifs is 4. The average Bonchev–Trinajstić information content (AvgIpc) is 3.39. The Morgan fingerprint density at radius 2 is 1.64 bits per heavy atom. The highest BCUT2D eigenvalue weighted by atomic mass is 32.1. The average molecular weight is 444 g/mol. The smallest absolute Gasteiger partial charge is 0.0547 e. The van der Waals surface area contributed by atoms with E-state index in [1.54, 1.807) is 11.3 Å². The molecular formula is C31H25NS. The maximum atomic E-state index is 4.13. The summed E-state index contributed by atoms with van der Waals surface area (Å²) in [5.74, 6) is 0.522. The number of rotatable bonds is 4. The molecule has 0 radical (unpaired) electrons. The van der Waals surface area contributed by atoms with Crippen LogP contribution < -0.4 is 10.6 Å². The van der Waals surface area contributed by atoms with E-state index in [0.29, 0.717) is 5.92 Å². The molecule has 0 aliphatic heterocycles. The number of hydrogen-bond donors (Lipinski definition) is 0. The second kappa shape index (κ2) is 7.75. The Hall–Kier alpha value is -3.62. The lowest BCUT2D eigenvalue weighted by molar-refractivity contribution is 0.795. The van der Waals surface area contributed by atoms with E-state index in [-0.39, 0.29) is 0 Å². The molecule has 0 saturated carbocycles. The van der Waals surface area contributed by atoms with Crippen LogP contribution in [0, 0.1) is 5.92 Å². The summed E-state index contributed by atoms with van der Waals surface area (Å²) < 4.78 is 3.70. The zero-order valence-corrected chi connectivity index (χ0v) is 19.5. The molecule has 2 heteroatoms. The van der Waals surface area contributed by atoms with Crippen molar-refractivity contribution in [3.63, 3.8) is 0 Å². The van der Waals surface area contributed by atoms with Gasteiger partial charge in [-0.2, -0.15) is 0 Å². The van der Waals surface area contributed by atoms with E-state index in [1.807, 2.05) is 12.2 Å². The number of aromatic nitrogens is 1. The van der Waals surface area contributed by atoms with Crippen molar-refractivity contribution in [1.82, 2.24) is 4.57 Å². The van der Waals surface area contributed by atoms with Crippen LogP contribution in [0.1, 0.15) is 23.8 Å². The molecule has 2 aromatic heterocycles. The molecule has 1 atom stereocenters. The SMILES string of the molecule is C=Cc1sc2cccc(-c3cccc4c3c3c(n4-c4ccccc4)=CCC(C)C=3)c2c1C=C. The van der Waals surface area contributed by atoms with Gasteiger partial charge in [-0.25, -0.2) is 0 Å². The zero-order valence-electron chi connectivity index (χ0n) is 18.7. The lowest BCUT2D eigenvalue weighted by Gasteiger charge is -2.10. The molecule has 0 amide bonds. The molecule has 0 bridgehead atoms. The predicted octanol–water partition coefficient (Wildman–Crippen LogP) is 7.40. The summed E-state index contributed by atoms with van der Waals surface area (Å²) in [6.45, 7) is 10.5. The fourth-order valence-electron chi connectivity index (χ4n) is 5.26. The lowest BCUT2D eigenvalue weighted by Crippen LogP contribution is -2.31. The molecule has 3 aromatic carbocycles. The molecule has 160 valence electrons. The van der Waals surface area contributed by atoms with E-state index in [4.69, 9.17) is 0 Å². The maximum absolute atomic E-state index is 4.13. The van der Waals surface area contributed by atoms with Crippen molar-refractivity contribution in [3.8, 4) is 16.8 Å². The molecule has 33 heavy (non-hydrogen) atoms. The topological polar surface area (TPSA) is 4.93 Å². The molecule has 0 N–H and O–H groups in total. The quantitative estimate of drug-likeness (QED) is 0.273. The van der Waals surface area contributed by atoms with Gasteiger partial charge < -0.3 is 4.57 Å². The molecule has 1 nitrogen and oxygen atoms in total. The highest BCUT2D eigenvalue weighted by Gasteiger charge is 2.19. The van der Waals surface area contributed by atoms with Gasteiger partial charge in [0.15, 0.2) is 0 Å². The van der Waals surface area contributed by atoms with Crippen molar-refractivity contribution in [2.24, 2.45) is 5.92 Å². The summed E-state index contributed by atoms with van der Waals surface area (Å²) in [7, 11) is 0. The summed E-state index contributed by atoms with van der Waals surface area (Å²) in [6, 6.07) is 24.1. The number of thiophene rings is 1. The van der Waals surface area contributed by atoms with Gasteiger partial charge in [-0.15, -0.1) is 11.3 Å². The van der Waals surface area contributed by atoms with E-state index in [9.17, 15) is 0 Å². The minimum Gasteiger partial charge on any atom is -0.310 e. The monoisotopic (exact) mass is 443 g/mol. The Morgan fingerprint density at radius 3 is 2.39 bits per heavy atom. The number of para-hydroxylation sites is 1. The van der Waals surface area contributed by atoms with Crippen molar-refractivity contribution in [2.45, 2.75) is 13.3 Å². The van der Waals surface area contributed by atoms with Crippen LogP contribution in [0.3, 0.4) is 0 Å². The first-order valence-electron chi connectivity index (χ1n) is 11.4. The fraction of sp³-hybridized carbons (Fsp3) is 0.0968. The van der Waals surface area contributed by atoms with Crippen LogP contribution in [0.25, 0.3) is 62.1 Å². The first-order chi connectivity index (χ1) is 16.2. The number of nitrogens with zero attached hydrogens (tertiary/aromatic N) is 1. The Labute approximate surface area is 197 Å². The van der Waals surface area contributed by atoms with Gasteiger partial charge in [0.1, 0.15) is 0 Å². The minimum atomic E-state index is 0.522. The van der Waals surface area contributed by atoms with Crippen LogP contribution in [0.15, 0.2) is 79.9 Å². The second-order valence-electron chi connectivity index (χ2n) is 8.72. The Morgan fingerprint density at radius 1 is 0.879 bits per heavy atom. The molecule has 0 spiro atoms. The van der Waals surface area contributed by atoms with Gasteiger partial charge in [0.05, 0.1) is 5.52 Å². The summed E-state index contributed by atoms with van der Waals surface area (Å²) >= 11 is 1.79. The Bertz CT molecular complexity index is 1680. The largest absolute Gasteiger partial charge is 0.310 e. The second-order valence-corrected chi connectivity index (χ2v) is 9.80. The van der Waals surface area contributed by atoms with Crippen LogP contribution in [0.5, 0.6) is 0 Å². The fourth-order valence-corrected chi connectivity index (χ4v) is 6.34. The molecule has 2 heterocycles. The van der Waals surface area contributed by atoms with E-state index in [1.165, 1.54) is 58.8 Å². The highest BCUT2D eigenvalue weighted by molar-refractivity contribution is 7.20. The number of benzene rings is 3. The maximum Gasteiger partial charge on any atom is 0.0547 e. The van der Waals surface area contributed by atoms with Gasteiger partial charge in [-0.1, -0.05) is 86.9 Å². The molecular weight excluding hydrogens is 418 g/mol. The Kier molecular flexibility index (Phi) is 4.70. The summed E-state index contributed by atoms with van der Waals surface area (Å²) in [5.41, 5.74) is 6.17. The third-order valence-electron chi connectivity index (χ3n) is 6.68. The van der Waals surface area contributed by atoms with Crippen molar-refractivity contribution >= 4 is 56.6 Å². The zero-order chi connectivity index (χ0) is 22.5. The first kappa shape index (κ1) is 20.0. The third kappa shape index (κ3) is 2.98. The van der Waals surface area contributed by atoms with Crippen LogP contribution in [0.4, 0.5) is 0 Å². The van der Waals surface area contributed by atoms with Gasteiger partial charge >= 0.3 is 0 Å². The van der Waals surface area contributed by atoms with Crippen LogP contribution in [0.2, 0.25) is 0 Å².